The first-order valence-corrected chi connectivity index (χ1v) is 15.9. The van der Waals surface area contributed by atoms with Crippen LogP contribution in [0, 0.1) is 0 Å². The highest BCUT2D eigenvalue weighted by atomic mass is 35.5. The van der Waals surface area contributed by atoms with Gasteiger partial charge in [0.15, 0.2) is 9.84 Å². The summed E-state index contributed by atoms with van der Waals surface area (Å²) in [6, 6.07) is 10.9. The Balaban J connectivity index is 1.40. The van der Waals surface area contributed by atoms with Crippen LogP contribution in [0.4, 0.5) is 0 Å². The molecule has 2 aromatic rings. The smallest absolute Gasteiger partial charge is 0.178 e. The Morgan fingerprint density at radius 2 is 1.64 bits per heavy atom. The van der Waals surface area contributed by atoms with Crippen LogP contribution in [0.2, 0.25) is 10.0 Å². The van der Waals surface area contributed by atoms with Gasteiger partial charge in [0.1, 0.15) is 5.78 Å². The molecule has 0 saturated carbocycles. The number of ether oxygens (including phenoxy) is 3. The number of sulfone groups is 1. The van der Waals surface area contributed by atoms with Crippen molar-refractivity contribution in [3.63, 3.8) is 0 Å². The molecule has 1 aliphatic rings. The second-order valence-electron chi connectivity index (χ2n) is 9.78. The van der Waals surface area contributed by atoms with Crippen molar-refractivity contribution in [3.05, 3.63) is 63.1 Å². The van der Waals surface area contributed by atoms with Gasteiger partial charge in [-0.3, -0.25) is 4.79 Å². The van der Waals surface area contributed by atoms with Gasteiger partial charge in [-0.1, -0.05) is 42.3 Å². The van der Waals surface area contributed by atoms with Gasteiger partial charge in [-0.2, -0.15) is 0 Å². The van der Waals surface area contributed by atoms with Crippen LogP contribution in [-0.4, -0.2) is 78.1 Å². The topological polar surface area (TPSA) is 82.1 Å². The van der Waals surface area contributed by atoms with E-state index >= 15 is 0 Å². The van der Waals surface area contributed by atoms with Crippen molar-refractivity contribution in [3.8, 4) is 0 Å². The van der Waals surface area contributed by atoms with Crippen LogP contribution < -0.4 is 0 Å². The summed E-state index contributed by atoms with van der Waals surface area (Å²) in [4.78, 5) is 13.7. The van der Waals surface area contributed by atoms with Crippen LogP contribution >= 0.6 is 23.2 Å². The molecule has 1 unspecified atom stereocenters. The van der Waals surface area contributed by atoms with Crippen molar-refractivity contribution in [2.75, 3.05) is 59.0 Å². The van der Waals surface area contributed by atoms with Gasteiger partial charge >= 0.3 is 0 Å². The van der Waals surface area contributed by atoms with Gasteiger partial charge in [0.05, 0.1) is 37.1 Å². The Labute approximate surface area is 242 Å². The molecule has 0 fully saturated rings. The monoisotopic (exact) mass is 599 g/mol. The molecule has 1 aliphatic heterocycles. The van der Waals surface area contributed by atoms with E-state index < -0.39 is 9.84 Å². The number of Topliss-reactive ketones (excluding diaryl/α,β-unsaturated/α-hetero) is 1. The standard InChI is InChI=1S/C29H39Cl2NO6S/c1-3-24(33)8-5-10-36-12-14-38-15-13-37-11-6-16-39(34,35)25-9-4-7-22(17-25)27-20-32(2)21-28-26(27)18-23(30)19-29(28)31/h4,7,9,17-19,27H,3,5-6,8,10-16,20-21H2,1-2H3. The summed E-state index contributed by atoms with van der Waals surface area (Å²) in [6.07, 6.45) is 2.26. The van der Waals surface area contributed by atoms with Crippen LogP contribution in [0.3, 0.4) is 0 Å². The summed E-state index contributed by atoms with van der Waals surface area (Å²) in [5.41, 5.74) is 3.00. The summed E-state index contributed by atoms with van der Waals surface area (Å²) in [7, 11) is -1.44. The molecular formula is C29H39Cl2NO6S. The van der Waals surface area contributed by atoms with Gasteiger partial charge in [0.2, 0.25) is 0 Å². The predicted octanol–water partition coefficient (Wildman–Crippen LogP) is 5.54. The molecule has 0 N–H and O–H groups in total. The average molecular weight is 601 g/mol. The highest BCUT2D eigenvalue weighted by Gasteiger charge is 2.28. The maximum Gasteiger partial charge on any atom is 0.178 e. The zero-order valence-corrected chi connectivity index (χ0v) is 25.1. The maximum absolute atomic E-state index is 13.1. The zero-order chi connectivity index (χ0) is 28.3. The minimum absolute atomic E-state index is 0.00446. The molecule has 1 atom stereocenters. The van der Waals surface area contributed by atoms with Gasteiger partial charge in [-0.05, 0) is 60.8 Å². The molecule has 0 aliphatic carbocycles. The largest absolute Gasteiger partial charge is 0.379 e. The molecule has 3 rings (SSSR count). The first kappa shape index (κ1) is 32.0. The first-order valence-electron chi connectivity index (χ1n) is 13.4. The molecule has 0 saturated heterocycles. The molecule has 0 aromatic heterocycles. The molecule has 0 amide bonds. The normalized spacial score (nSPS) is 15.8. The lowest BCUT2D eigenvalue weighted by molar-refractivity contribution is -0.119. The number of likely N-dealkylation sites (N-methyl/N-ethyl adjacent to an activating group) is 1. The number of hydrogen-bond donors (Lipinski definition) is 0. The minimum Gasteiger partial charge on any atom is -0.379 e. The van der Waals surface area contributed by atoms with E-state index in [4.69, 9.17) is 37.4 Å². The average Bonchev–Trinajstić information content (AvgIpc) is 2.91. The zero-order valence-electron chi connectivity index (χ0n) is 22.8. The SMILES string of the molecule is CCC(=O)CCCOCCOCCOCCCS(=O)(=O)c1cccc(C2CN(C)Cc3c(Cl)cc(Cl)cc32)c1. The van der Waals surface area contributed by atoms with Gasteiger partial charge < -0.3 is 19.1 Å². The number of nitrogens with zero attached hydrogens (tertiary/aromatic N) is 1. The summed E-state index contributed by atoms with van der Waals surface area (Å²) in [5.74, 6) is 0.234. The number of hydrogen-bond acceptors (Lipinski definition) is 7. The van der Waals surface area contributed by atoms with Crippen molar-refractivity contribution in [2.45, 2.75) is 50.0 Å². The number of fused-ring (bicyclic) bond motifs is 1. The van der Waals surface area contributed by atoms with Crippen LogP contribution in [-0.2, 0) is 35.4 Å². The fraction of sp³-hybridized carbons (Fsp3) is 0.552. The Morgan fingerprint density at radius 1 is 0.974 bits per heavy atom. The van der Waals surface area contributed by atoms with Gasteiger partial charge in [0, 0.05) is 55.1 Å². The number of rotatable bonds is 17. The Kier molecular flexibility index (Phi) is 13.2. The molecule has 7 nitrogen and oxygen atoms in total. The minimum atomic E-state index is -3.46. The predicted molar refractivity (Wildman–Crippen MR) is 155 cm³/mol. The Hall–Kier alpha value is -1.52. The van der Waals surface area contributed by atoms with Gasteiger partial charge in [-0.25, -0.2) is 8.42 Å². The van der Waals surface area contributed by atoms with Crippen LogP contribution in [0.25, 0.3) is 0 Å². The van der Waals surface area contributed by atoms with E-state index in [1.54, 1.807) is 24.3 Å². The van der Waals surface area contributed by atoms with E-state index in [0.717, 1.165) is 36.2 Å². The second kappa shape index (κ2) is 16.1. The van der Waals surface area contributed by atoms with E-state index in [0.29, 0.717) is 73.8 Å². The third-order valence-corrected chi connectivity index (χ3v) is 9.05. The number of benzene rings is 2. The lowest BCUT2D eigenvalue weighted by Crippen LogP contribution is -2.31. The lowest BCUT2D eigenvalue weighted by atomic mass is 9.85. The van der Waals surface area contributed by atoms with Crippen LogP contribution in [0.5, 0.6) is 0 Å². The van der Waals surface area contributed by atoms with Gasteiger partial charge in [0.25, 0.3) is 0 Å². The molecule has 10 heteroatoms. The summed E-state index contributed by atoms with van der Waals surface area (Å²) >= 11 is 12.8. The van der Waals surface area contributed by atoms with Crippen molar-refractivity contribution in [1.29, 1.82) is 0 Å². The lowest BCUT2D eigenvalue weighted by Gasteiger charge is -2.33. The van der Waals surface area contributed by atoms with Crippen molar-refractivity contribution < 1.29 is 27.4 Å². The van der Waals surface area contributed by atoms with Crippen LogP contribution in [0.1, 0.15) is 55.2 Å². The molecule has 1 heterocycles. The fourth-order valence-corrected chi connectivity index (χ4v) is 6.52. The number of halogens is 2. The highest BCUT2D eigenvalue weighted by molar-refractivity contribution is 7.91. The molecule has 216 valence electrons. The third-order valence-electron chi connectivity index (χ3n) is 6.70. The van der Waals surface area contributed by atoms with E-state index in [9.17, 15) is 13.2 Å². The second-order valence-corrected chi connectivity index (χ2v) is 12.7. The van der Waals surface area contributed by atoms with E-state index in [2.05, 4.69) is 4.90 Å². The van der Waals surface area contributed by atoms with Crippen molar-refractivity contribution in [2.24, 2.45) is 0 Å². The Morgan fingerprint density at radius 3 is 2.33 bits per heavy atom. The van der Waals surface area contributed by atoms with E-state index in [1.807, 2.05) is 26.1 Å². The first-order chi connectivity index (χ1) is 18.7. The fourth-order valence-electron chi connectivity index (χ4n) is 4.61. The molecule has 0 spiro atoms. The van der Waals surface area contributed by atoms with Crippen molar-refractivity contribution in [1.82, 2.24) is 4.90 Å². The summed E-state index contributed by atoms with van der Waals surface area (Å²) in [6.45, 7) is 5.95. The van der Waals surface area contributed by atoms with Gasteiger partial charge in [-0.15, -0.1) is 0 Å². The number of carbonyl (C=O) groups excluding carboxylic acids is 1. The molecule has 0 bridgehead atoms. The van der Waals surface area contributed by atoms with E-state index in [1.165, 1.54) is 0 Å². The number of ketones is 1. The molecule has 39 heavy (non-hydrogen) atoms. The van der Waals surface area contributed by atoms with Crippen LogP contribution in [0.15, 0.2) is 41.3 Å². The summed E-state index contributed by atoms with van der Waals surface area (Å²) < 4.78 is 42.6. The van der Waals surface area contributed by atoms with E-state index in [-0.39, 0.29) is 17.5 Å². The summed E-state index contributed by atoms with van der Waals surface area (Å²) in [5, 5.41) is 1.21. The number of carbonyl (C=O) groups is 1. The highest BCUT2D eigenvalue weighted by Crippen LogP contribution is 2.38. The third kappa shape index (κ3) is 10.1. The maximum atomic E-state index is 13.1. The molecular weight excluding hydrogens is 561 g/mol. The molecule has 2 aromatic carbocycles. The van der Waals surface area contributed by atoms with Crippen molar-refractivity contribution >= 4 is 38.8 Å². The quantitative estimate of drug-likeness (QED) is 0.221. The molecule has 0 radical (unpaired) electrons. The Bertz CT molecular complexity index is 1190.